The largest absolute Gasteiger partial charge is 0.390 e. The lowest BCUT2D eigenvalue weighted by Crippen LogP contribution is -2.23. The number of nitrogens with one attached hydrogen (secondary N) is 1. The number of hydrogen-bond acceptors (Lipinski definition) is 4. The van der Waals surface area contributed by atoms with Crippen LogP contribution in [0.25, 0.3) is 0 Å². The Morgan fingerprint density at radius 2 is 2.20 bits per heavy atom. The van der Waals surface area contributed by atoms with Crippen LogP contribution in [0.1, 0.15) is 18.2 Å². The number of nitrogens with zero attached hydrogens (tertiary/aromatic N) is 1. The molecule has 0 saturated heterocycles. The fraction of sp³-hybridized carbons (Fsp3) is 0.500. The fourth-order valence-corrected chi connectivity index (χ4v) is 1.41. The molecule has 1 rings (SSSR count). The number of rotatable bonds is 5. The number of pyridine rings is 1. The van der Waals surface area contributed by atoms with Crippen molar-refractivity contribution < 1.29 is 10.2 Å². The molecule has 0 saturated carbocycles. The summed E-state index contributed by atoms with van der Waals surface area (Å²) in [4.78, 5) is 3.94. The minimum Gasteiger partial charge on any atom is -0.390 e. The first-order chi connectivity index (χ1) is 7.15. The second-order valence-corrected chi connectivity index (χ2v) is 3.68. The third-order valence-electron chi connectivity index (χ3n) is 2.09. The van der Waals surface area contributed by atoms with Gasteiger partial charge in [-0.2, -0.15) is 0 Å². The minimum absolute atomic E-state index is 0.312. The van der Waals surface area contributed by atoms with Gasteiger partial charge in [0.15, 0.2) is 0 Å². The molecule has 1 aromatic heterocycles. The summed E-state index contributed by atoms with van der Waals surface area (Å²) in [6.45, 7) is 0.638. The Kier molecular flexibility index (Phi) is 4.98. The molecule has 0 aromatic carbocycles. The molecule has 0 aliphatic heterocycles. The van der Waals surface area contributed by atoms with E-state index in [0.29, 0.717) is 23.8 Å². The highest BCUT2D eigenvalue weighted by Gasteiger charge is 2.18. The van der Waals surface area contributed by atoms with Crippen LogP contribution >= 0.6 is 11.6 Å². The van der Waals surface area contributed by atoms with E-state index in [9.17, 15) is 10.2 Å². The van der Waals surface area contributed by atoms with Gasteiger partial charge in [-0.15, -0.1) is 0 Å². The first-order valence-electron chi connectivity index (χ1n) is 4.78. The SMILES string of the molecule is CNCCC(O)C(O)c1cccc(Cl)n1. The van der Waals surface area contributed by atoms with Crippen molar-refractivity contribution in [1.29, 1.82) is 0 Å². The summed E-state index contributed by atoms with van der Waals surface area (Å²) in [6, 6.07) is 4.95. The summed E-state index contributed by atoms with van der Waals surface area (Å²) < 4.78 is 0. The van der Waals surface area contributed by atoms with Gasteiger partial charge in [-0.05, 0) is 32.1 Å². The van der Waals surface area contributed by atoms with Gasteiger partial charge in [0, 0.05) is 0 Å². The molecule has 1 aromatic rings. The summed E-state index contributed by atoms with van der Waals surface area (Å²) in [7, 11) is 1.79. The summed E-state index contributed by atoms with van der Waals surface area (Å²) in [6.07, 6.45) is -1.35. The smallest absolute Gasteiger partial charge is 0.129 e. The molecule has 2 atom stereocenters. The Balaban J connectivity index is 2.62. The Labute approximate surface area is 93.9 Å². The monoisotopic (exact) mass is 230 g/mol. The van der Waals surface area contributed by atoms with E-state index in [-0.39, 0.29) is 0 Å². The van der Waals surface area contributed by atoms with Gasteiger partial charge in [0.25, 0.3) is 0 Å². The lowest BCUT2D eigenvalue weighted by atomic mass is 10.1. The van der Waals surface area contributed by atoms with Crippen LogP contribution in [0.5, 0.6) is 0 Å². The molecule has 0 spiro atoms. The highest BCUT2D eigenvalue weighted by molar-refractivity contribution is 6.29. The van der Waals surface area contributed by atoms with E-state index in [1.165, 1.54) is 0 Å². The van der Waals surface area contributed by atoms with Crippen molar-refractivity contribution in [3.63, 3.8) is 0 Å². The molecule has 0 aliphatic carbocycles. The molecular formula is C10H15ClN2O2. The molecule has 0 aliphatic rings. The van der Waals surface area contributed by atoms with Crippen LogP contribution in [-0.4, -0.2) is 34.9 Å². The van der Waals surface area contributed by atoms with Crippen molar-refractivity contribution in [3.05, 3.63) is 29.0 Å². The molecule has 0 fully saturated rings. The standard InChI is InChI=1S/C10H15ClN2O2/c1-12-6-5-8(14)10(15)7-3-2-4-9(11)13-7/h2-4,8,10,12,14-15H,5-6H2,1H3. The van der Waals surface area contributed by atoms with Gasteiger partial charge in [-0.1, -0.05) is 17.7 Å². The molecular weight excluding hydrogens is 216 g/mol. The van der Waals surface area contributed by atoms with E-state index in [1.807, 2.05) is 0 Å². The molecule has 0 amide bonds. The van der Waals surface area contributed by atoms with Crippen LogP contribution in [0.15, 0.2) is 18.2 Å². The maximum absolute atomic E-state index is 9.74. The molecule has 5 heteroatoms. The van der Waals surface area contributed by atoms with Crippen LogP contribution < -0.4 is 5.32 Å². The zero-order valence-electron chi connectivity index (χ0n) is 8.52. The van der Waals surface area contributed by atoms with Crippen molar-refractivity contribution in [2.24, 2.45) is 0 Å². The third kappa shape index (κ3) is 3.76. The third-order valence-corrected chi connectivity index (χ3v) is 2.30. The van der Waals surface area contributed by atoms with E-state index in [1.54, 1.807) is 25.2 Å². The van der Waals surface area contributed by atoms with Crippen LogP contribution in [0.2, 0.25) is 5.15 Å². The van der Waals surface area contributed by atoms with Crippen LogP contribution in [0.4, 0.5) is 0 Å². The maximum Gasteiger partial charge on any atom is 0.129 e. The first-order valence-corrected chi connectivity index (χ1v) is 5.16. The van der Waals surface area contributed by atoms with Crippen LogP contribution in [0.3, 0.4) is 0 Å². The predicted octanol–water partition coefficient (Wildman–Crippen LogP) is 0.739. The summed E-state index contributed by atoms with van der Waals surface area (Å²) >= 11 is 5.68. The lowest BCUT2D eigenvalue weighted by molar-refractivity contribution is 0.0115. The van der Waals surface area contributed by atoms with E-state index in [2.05, 4.69) is 10.3 Å². The zero-order valence-corrected chi connectivity index (χ0v) is 9.28. The van der Waals surface area contributed by atoms with E-state index >= 15 is 0 Å². The summed E-state index contributed by atoms with van der Waals surface area (Å²) in [5.41, 5.74) is 0.395. The summed E-state index contributed by atoms with van der Waals surface area (Å²) in [5.74, 6) is 0. The number of halogens is 1. The normalized spacial score (nSPS) is 14.9. The number of aromatic nitrogens is 1. The molecule has 1 heterocycles. The minimum atomic E-state index is -0.989. The topological polar surface area (TPSA) is 65.4 Å². The predicted molar refractivity (Wildman–Crippen MR) is 58.8 cm³/mol. The Morgan fingerprint density at radius 3 is 2.80 bits per heavy atom. The van der Waals surface area contributed by atoms with Crippen molar-refractivity contribution in [1.82, 2.24) is 10.3 Å². The van der Waals surface area contributed by atoms with Gasteiger partial charge in [0.05, 0.1) is 11.8 Å². The van der Waals surface area contributed by atoms with Crippen molar-refractivity contribution in [3.8, 4) is 0 Å². The van der Waals surface area contributed by atoms with E-state index in [4.69, 9.17) is 11.6 Å². The van der Waals surface area contributed by atoms with Crippen molar-refractivity contribution >= 4 is 11.6 Å². The Hall–Kier alpha value is -0.680. The van der Waals surface area contributed by atoms with Crippen molar-refractivity contribution in [2.75, 3.05) is 13.6 Å². The van der Waals surface area contributed by atoms with Crippen LogP contribution in [-0.2, 0) is 0 Å². The molecule has 2 unspecified atom stereocenters. The van der Waals surface area contributed by atoms with Crippen LogP contribution in [0, 0.1) is 0 Å². The second kappa shape index (κ2) is 6.02. The van der Waals surface area contributed by atoms with Gasteiger partial charge >= 0.3 is 0 Å². The highest BCUT2D eigenvalue weighted by Crippen LogP contribution is 2.18. The Bertz CT molecular complexity index is 309. The average molecular weight is 231 g/mol. The van der Waals surface area contributed by atoms with Crippen molar-refractivity contribution in [2.45, 2.75) is 18.6 Å². The van der Waals surface area contributed by atoms with Gasteiger partial charge in [-0.3, -0.25) is 0 Å². The summed E-state index contributed by atoms with van der Waals surface area (Å²) in [5, 5.41) is 22.6. The molecule has 4 nitrogen and oxygen atoms in total. The van der Waals surface area contributed by atoms with Gasteiger partial charge in [0.2, 0.25) is 0 Å². The number of aliphatic hydroxyl groups is 2. The first kappa shape index (κ1) is 12.4. The number of hydrogen-bond donors (Lipinski definition) is 3. The Morgan fingerprint density at radius 1 is 1.47 bits per heavy atom. The molecule has 3 N–H and O–H groups in total. The van der Waals surface area contributed by atoms with E-state index < -0.39 is 12.2 Å². The molecule has 0 bridgehead atoms. The molecule has 84 valence electrons. The average Bonchev–Trinajstić information content (AvgIpc) is 2.24. The molecule has 15 heavy (non-hydrogen) atoms. The fourth-order valence-electron chi connectivity index (χ4n) is 1.24. The molecule has 0 radical (unpaired) electrons. The maximum atomic E-state index is 9.74. The number of aliphatic hydroxyl groups excluding tert-OH is 2. The van der Waals surface area contributed by atoms with Gasteiger partial charge in [-0.25, -0.2) is 4.98 Å². The quantitative estimate of drug-likeness (QED) is 0.653. The van der Waals surface area contributed by atoms with Gasteiger partial charge < -0.3 is 15.5 Å². The highest BCUT2D eigenvalue weighted by atomic mass is 35.5. The zero-order chi connectivity index (χ0) is 11.3. The lowest BCUT2D eigenvalue weighted by Gasteiger charge is -2.17. The van der Waals surface area contributed by atoms with Gasteiger partial charge in [0.1, 0.15) is 11.3 Å². The van der Waals surface area contributed by atoms with E-state index in [0.717, 1.165) is 0 Å². The second-order valence-electron chi connectivity index (χ2n) is 3.29.